The van der Waals surface area contributed by atoms with E-state index in [1.54, 1.807) is 12.1 Å². The zero-order valence-corrected chi connectivity index (χ0v) is 12.0. The molecule has 2 saturated heterocycles. The van der Waals surface area contributed by atoms with Crippen LogP contribution < -0.4 is 0 Å². The zero-order valence-electron chi connectivity index (χ0n) is 12.0. The van der Waals surface area contributed by atoms with Gasteiger partial charge >= 0.3 is 0 Å². The van der Waals surface area contributed by atoms with Crippen molar-refractivity contribution in [3.63, 3.8) is 0 Å². The first kappa shape index (κ1) is 14.4. The Bertz CT molecular complexity index is 514. The highest BCUT2D eigenvalue weighted by atomic mass is 16.7. The number of ether oxygens (including phenoxy) is 2. The lowest BCUT2D eigenvalue weighted by molar-refractivity contribution is -0.385. The third kappa shape index (κ3) is 3.23. The van der Waals surface area contributed by atoms with Crippen molar-refractivity contribution in [2.45, 2.75) is 25.0 Å². The Labute approximate surface area is 123 Å². The smallest absolute Gasteiger partial charge is 0.272 e. The molecule has 0 aliphatic carbocycles. The van der Waals surface area contributed by atoms with Crippen LogP contribution in [0.2, 0.25) is 0 Å². The van der Waals surface area contributed by atoms with Crippen LogP contribution in [-0.4, -0.2) is 48.5 Å². The first-order valence-electron chi connectivity index (χ1n) is 7.41. The van der Waals surface area contributed by atoms with E-state index in [0.717, 1.165) is 38.0 Å². The molecule has 2 heterocycles. The number of hydrogen-bond donors (Lipinski definition) is 0. The summed E-state index contributed by atoms with van der Waals surface area (Å²) in [6.45, 7) is 3.87. The highest BCUT2D eigenvalue weighted by Crippen LogP contribution is 2.30. The molecular weight excluding hydrogens is 272 g/mol. The lowest BCUT2D eigenvalue weighted by Gasteiger charge is -2.38. The van der Waals surface area contributed by atoms with Crippen molar-refractivity contribution in [3.8, 4) is 0 Å². The van der Waals surface area contributed by atoms with E-state index in [1.807, 2.05) is 12.1 Å². The van der Waals surface area contributed by atoms with Crippen molar-refractivity contribution in [2.24, 2.45) is 0 Å². The standard InChI is InChI=1S/C15H20N2O4/c18-17(19)14-5-2-1-4-13(14)6-9-16-8-3-7-15(12-16)20-10-11-21-15/h1-2,4-5H,3,6-12H2. The molecule has 3 rings (SSSR count). The normalized spacial score (nSPS) is 21.7. The van der Waals surface area contributed by atoms with E-state index < -0.39 is 5.79 Å². The molecule has 0 saturated carbocycles. The Hall–Kier alpha value is -1.50. The van der Waals surface area contributed by atoms with Crippen LogP contribution in [0.15, 0.2) is 24.3 Å². The summed E-state index contributed by atoms with van der Waals surface area (Å²) in [7, 11) is 0. The average Bonchev–Trinajstić information content (AvgIpc) is 2.93. The van der Waals surface area contributed by atoms with Gasteiger partial charge in [-0.3, -0.25) is 15.0 Å². The minimum absolute atomic E-state index is 0.206. The van der Waals surface area contributed by atoms with Crippen molar-refractivity contribution in [3.05, 3.63) is 39.9 Å². The second-order valence-electron chi connectivity index (χ2n) is 5.62. The van der Waals surface area contributed by atoms with Crippen molar-refractivity contribution < 1.29 is 14.4 Å². The van der Waals surface area contributed by atoms with Crippen LogP contribution in [-0.2, 0) is 15.9 Å². The maximum absolute atomic E-state index is 11.0. The van der Waals surface area contributed by atoms with E-state index in [1.165, 1.54) is 0 Å². The molecule has 0 unspecified atom stereocenters. The van der Waals surface area contributed by atoms with Gasteiger partial charge in [0, 0.05) is 24.6 Å². The highest BCUT2D eigenvalue weighted by molar-refractivity contribution is 5.39. The lowest BCUT2D eigenvalue weighted by atomic mass is 10.0. The molecule has 6 heteroatoms. The molecule has 0 aromatic heterocycles. The minimum Gasteiger partial charge on any atom is -0.346 e. The van der Waals surface area contributed by atoms with Gasteiger partial charge in [-0.25, -0.2) is 0 Å². The number of nitro groups is 1. The van der Waals surface area contributed by atoms with E-state index in [9.17, 15) is 10.1 Å². The topological polar surface area (TPSA) is 64.8 Å². The number of rotatable bonds is 4. The third-order valence-corrected chi connectivity index (χ3v) is 4.20. The van der Waals surface area contributed by atoms with Crippen LogP contribution >= 0.6 is 0 Å². The van der Waals surface area contributed by atoms with Gasteiger partial charge in [0.05, 0.1) is 24.7 Å². The van der Waals surface area contributed by atoms with Crippen molar-refractivity contribution in [1.29, 1.82) is 0 Å². The second kappa shape index (κ2) is 6.09. The largest absolute Gasteiger partial charge is 0.346 e. The van der Waals surface area contributed by atoms with Gasteiger partial charge in [0.1, 0.15) is 0 Å². The van der Waals surface area contributed by atoms with Gasteiger partial charge in [-0.1, -0.05) is 18.2 Å². The van der Waals surface area contributed by atoms with Gasteiger partial charge in [0.2, 0.25) is 0 Å². The van der Waals surface area contributed by atoms with E-state index in [0.29, 0.717) is 19.6 Å². The Kier molecular flexibility index (Phi) is 4.19. The molecule has 6 nitrogen and oxygen atoms in total. The molecule has 0 bridgehead atoms. The summed E-state index contributed by atoms with van der Waals surface area (Å²) in [5.74, 6) is -0.430. The molecule has 2 aliphatic heterocycles. The molecule has 1 aromatic rings. The fourth-order valence-electron chi connectivity index (χ4n) is 3.17. The van der Waals surface area contributed by atoms with Crippen molar-refractivity contribution in [2.75, 3.05) is 32.8 Å². The first-order valence-corrected chi connectivity index (χ1v) is 7.41. The summed E-state index contributed by atoms with van der Waals surface area (Å²) >= 11 is 0. The molecular formula is C15H20N2O4. The predicted octanol–water partition coefficient (Wildman–Crippen LogP) is 1.98. The first-order chi connectivity index (χ1) is 10.2. The highest BCUT2D eigenvalue weighted by Gasteiger charge is 2.40. The number of hydrogen-bond acceptors (Lipinski definition) is 5. The summed E-state index contributed by atoms with van der Waals surface area (Å²) in [5.41, 5.74) is 0.993. The summed E-state index contributed by atoms with van der Waals surface area (Å²) < 4.78 is 11.5. The molecule has 114 valence electrons. The molecule has 1 spiro atoms. The van der Waals surface area contributed by atoms with Crippen molar-refractivity contribution >= 4 is 5.69 Å². The summed E-state index contributed by atoms with van der Waals surface area (Å²) in [5, 5.41) is 11.0. The van der Waals surface area contributed by atoms with Gasteiger partial charge in [0.15, 0.2) is 5.79 Å². The van der Waals surface area contributed by atoms with Crippen LogP contribution in [0.5, 0.6) is 0 Å². The van der Waals surface area contributed by atoms with Crippen LogP contribution in [0.3, 0.4) is 0 Å². The van der Waals surface area contributed by atoms with Crippen LogP contribution in [0.4, 0.5) is 5.69 Å². The van der Waals surface area contributed by atoms with Gasteiger partial charge < -0.3 is 9.47 Å². The molecule has 1 aromatic carbocycles. The Morgan fingerprint density at radius 1 is 1.29 bits per heavy atom. The molecule has 2 fully saturated rings. The molecule has 0 N–H and O–H groups in total. The number of benzene rings is 1. The van der Waals surface area contributed by atoms with Crippen LogP contribution in [0.1, 0.15) is 18.4 Å². The van der Waals surface area contributed by atoms with E-state index in [-0.39, 0.29) is 10.6 Å². The third-order valence-electron chi connectivity index (χ3n) is 4.20. The maximum atomic E-state index is 11.0. The SMILES string of the molecule is O=[N+]([O-])c1ccccc1CCN1CCCC2(C1)OCCO2. The van der Waals surface area contributed by atoms with E-state index in [4.69, 9.17) is 9.47 Å². The summed E-state index contributed by atoms with van der Waals surface area (Å²) in [6.07, 6.45) is 2.65. The Balaban J connectivity index is 1.61. The van der Waals surface area contributed by atoms with Gasteiger partial charge in [-0.2, -0.15) is 0 Å². The minimum atomic E-state index is -0.430. The molecule has 2 aliphatic rings. The number of para-hydroxylation sites is 1. The van der Waals surface area contributed by atoms with Gasteiger partial charge in [0.25, 0.3) is 5.69 Å². The fraction of sp³-hybridized carbons (Fsp3) is 0.600. The van der Waals surface area contributed by atoms with Gasteiger partial charge in [-0.15, -0.1) is 0 Å². The Morgan fingerprint density at radius 3 is 2.81 bits per heavy atom. The number of nitro benzene ring substituents is 1. The molecule has 0 radical (unpaired) electrons. The number of nitrogens with zero attached hydrogens (tertiary/aromatic N) is 2. The van der Waals surface area contributed by atoms with Crippen LogP contribution in [0, 0.1) is 10.1 Å². The van der Waals surface area contributed by atoms with E-state index in [2.05, 4.69) is 4.90 Å². The second-order valence-corrected chi connectivity index (χ2v) is 5.62. The average molecular weight is 292 g/mol. The monoisotopic (exact) mass is 292 g/mol. The Morgan fingerprint density at radius 2 is 2.05 bits per heavy atom. The quantitative estimate of drug-likeness (QED) is 0.627. The summed E-state index contributed by atoms with van der Waals surface area (Å²) in [6, 6.07) is 6.96. The molecule has 0 amide bonds. The van der Waals surface area contributed by atoms with Crippen LogP contribution in [0.25, 0.3) is 0 Å². The molecule has 21 heavy (non-hydrogen) atoms. The fourth-order valence-corrected chi connectivity index (χ4v) is 3.17. The summed E-state index contributed by atoms with van der Waals surface area (Å²) in [4.78, 5) is 13.0. The maximum Gasteiger partial charge on any atom is 0.272 e. The zero-order chi connectivity index (χ0) is 14.7. The van der Waals surface area contributed by atoms with Gasteiger partial charge in [-0.05, 0) is 19.4 Å². The molecule has 0 atom stereocenters. The predicted molar refractivity (Wildman–Crippen MR) is 77.1 cm³/mol. The number of piperidine rings is 1. The van der Waals surface area contributed by atoms with E-state index >= 15 is 0 Å². The number of likely N-dealkylation sites (tertiary alicyclic amines) is 1. The van der Waals surface area contributed by atoms with Crippen molar-refractivity contribution in [1.82, 2.24) is 4.90 Å². The lowest BCUT2D eigenvalue weighted by Crippen LogP contribution is -2.49.